The van der Waals surface area contributed by atoms with Crippen LogP contribution in [0.3, 0.4) is 0 Å². The molecule has 144 valence electrons. The summed E-state index contributed by atoms with van der Waals surface area (Å²) < 4.78 is 27.6. The fraction of sp³-hybridized carbons (Fsp3) is 0.200. The molecule has 3 N–H and O–H groups in total. The van der Waals surface area contributed by atoms with E-state index in [2.05, 4.69) is 20.0 Å². The Labute approximate surface area is 162 Å². The van der Waals surface area contributed by atoms with Crippen LogP contribution in [-0.2, 0) is 21.2 Å². The number of amidine groups is 1. The van der Waals surface area contributed by atoms with Crippen LogP contribution in [0.5, 0.6) is 0 Å². The molecule has 7 nitrogen and oxygen atoms in total. The summed E-state index contributed by atoms with van der Waals surface area (Å²) >= 11 is 0. The topological polar surface area (TPSA) is 103 Å². The van der Waals surface area contributed by atoms with E-state index in [1.807, 2.05) is 30.5 Å². The summed E-state index contributed by atoms with van der Waals surface area (Å²) in [7, 11) is -3.72. The molecule has 0 aliphatic carbocycles. The van der Waals surface area contributed by atoms with Gasteiger partial charge in [-0.1, -0.05) is 24.3 Å². The zero-order valence-corrected chi connectivity index (χ0v) is 15.9. The fourth-order valence-corrected chi connectivity index (χ4v) is 4.37. The summed E-state index contributed by atoms with van der Waals surface area (Å²) in [5, 5.41) is 3.77. The summed E-state index contributed by atoms with van der Waals surface area (Å²) in [5.41, 5.74) is 2.29. The Morgan fingerprint density at radius 3 is 2.82 bits per heavy atom. The van der Waals surface area contributed by atoms with Crippen molar-refractivity contribution in [3.63, 3.8) is 0 Å². The molecule has 0 fully saturated rings. The van der Waals surface area contributed by atoms with Crippen LogP contribution in [-0.4, -0.2) is 31.7 Å². The summed E-state index contributed by atoms with van der Waals surface area (Å²) in [4.78, 5) is 19.8. The molecule has 1 aromatic heterocycles. The number of rotatable bonds is 5. The molecule has 0 bridgehead atoms. The molecule has 1 amide bonds. The maximum absolute atomic E-state index is 12.5. The van der Waals surface area contributed by atoms with E-state index in [9.17, 15) is 13.2 Å². The Kier molecular flexibility index (Phi) is 4.87. The smallest absolute Gasteiger partial charge is 0.262 e. The average molecular weight is 396 g/mol. The zero-order valence-electron chi connectivity index (χ0n) is 15.1. The van der Waals surface area contributed by atoms with Crippen LogP contribution in [0.25, 0.3) is 10.9 Å². The van der Waals surface area contributed by atoms with Gasteiger partial charge in [-0.2, -0.15) is 0 Å². The minimum absolute atomic E-state index is 0.0898. The molecule has 0 atom stereocenters. The highest BCUT2D eigenvalue weighted by molar-refractivity contribution is 7.90. The van der Waals surface area contributed by atoms with Gasteiger partial charge in [-0.15, -0.1) is 0 Å². The molecule has 4 rings (SSSR count). The lowest BCUT2D eigenvalue weighted by Crippen LogP contribution is -2.29. The van der Waals surface area contributed by atoms with Crippen molar-refractivity contribution in [1.82, 2.24) is 9.71 Å². The molecular formula is C20H20N4O3S. The van der Waals surface area contributed by atoms with Crippen LogP contribution in [0.15, 0.2) is 64.6 Å². The Morgan fingerprint density at radius 2 is 2.00 bits per heavy atom. The number of hydrogen-bond acceptors (Lipinski definition) is 4. The zero-order chi connectivity index (χ0) is 19.6. The van der Waals surface area contributed by atoms with Crippen molar-refractivity contribution in [1.29, 1.82) is 0 Å². The number of anilines is 1. The minimum atomic E-state index is -3.72. The van der Waals surface area contributed by atoms with Crippen LogP contribution in [0, 0.1) is 0 Å². The van der Waals surface area contributed by atoms with E-state index in [1.165, 1.54) is 12.1 Å². The standard InChI is InChI=1S/C20H20N4O3S/c25-20(11-14-13-22-18-8-2-1-7-17(14)18)23-15-5-3-6-16(12-15)28(26,27)24-19-9-4-10-21-19/h1-3,5-8,12-13,22H,4,9-11H2,(H,21,24)(H,23,25). The fourth-order valence-electron chi connectivity index (χ4n) is 3.23. The highest BCUT2D eigenvalue weighted by Gasteiger charge is 2.19. The molecule has 2 aromatic carbocycles. The van der Waals surface area contributed by atoms with E-state index in [0.717, 1.165) is 22.9 Å². The van der Waals surface area contributed by atoms with Gasteiger partial charge in [0.05, 0.1) is 11.3 Å². The van der Waals surface area contributed by atoms with Gasteiger partial charge in [0.1, 0.15) is 5.84 Å². The summed E-state index contributed by atoms with van der Waals surface area (Å²) in [5.74, 6) is 0.265. The van der Waals surface area contributed by atoms with Crippen molar-refractivity contribution in [2.24, 2.45) is 4.99 Å². The van der Waals surface area contributed by atoms with Crippen molar-refractivity contribution in [3.8, 4) is 0 Å². The van der Waals surface area contributed by atoms with E-state index in [1.54, 1.807) is 12.1 Å². The molecule has 1 aliphatic heterocycles. The molecule has 0 spiro atoms. The predicted molar refractivity (Wildman–Crippen MR) is 109 cm³/mol. The molecule has 0 saturated heterocycles. The van der Waals surface area contributed by atoms with Gasteiger partial charge < -0.3 is 10.3 Å². The van der Waals surface area contributed by atoms with Crippen molar-refractivity contribution in [2.75, 3.05) is 11.9 Å². The Bertz CT molecular complexity index is 1160. The van der Waals surface area contributed by atoms with Crippen molar-refractivity contribution in [2.45, 2.75) is 24.2 Å². The first-order valence-electron chi connectivity index (χ1n) is 9.02. The van der Waals surface area contributed by atoms with Gasteiger partial charge in [0.15, 0.2) is 0 Å². The van der Waals surface area contributed by atoms with Crippen LogP contribution < -0.4 is 10.0 Å². The molecule has 3 aromatic rings. The molecule has 0 radical (unpaired) electrons. The van der Waals surface area contributed by atoms with Gasteiger partial charge in [-0.25, -0.2) is 8.42 Å². The molecule has 0 unspecified atom stereocenters. The third-order valence-electron chi connectivity index (χ3n) is 4.58. The number of para-hydroxylation sites is 1. The summed E-state index contributed by atoms with van der Waals surface area (Å²) in [6.07, 6.45) is 3.48. The Balaban J connectivity index is 1.47. The number of amides is 1. The monoisotopic (exact) mass is 396 g/mol. The van der Waals surface area contributed by atoms with Gasteiger partial charge in [-0.3, -0.25) is 14.5 Å². The Hall–Kier alpha value is -3.13. The van der Waals surface area contributed by atoms with Crippen LogP contribution >= 0.6 is 0 Å². The highest BCUT2D eigenvalue weighted by atomic mass is 32.2. The van der Waals surface area contributed by atoms with E-state index >= 15 is 0 Å². The number of aromatic nitrogens is 1. The number of aromatic amines is 1. The van der Waals surface area contributed by atoms with E-state index in [4.69, 9.17) is 0 Å². The predicted octanol–water partition coefficient (Wildman–Crippen LogP) is 2.82. The highest BCUT2D eigenvalue weighted by Crippen LogP contribution is 2.20. The quantitative estimate of drug-likeness (QED) is 0.618. The number of hydrogen-bond donors (Lipinski definition) is 3. The van der Waals surface area contributed by atoms with Crippen LogP contribution in [0.2, 0.25) is 0 Å². The normalized spacial score (nSPS) is 14.1. The summed E-state index contributed by atoms with van der Waals surface area (Å²) in [6, 6.07) is 14.0. The number of H-pyrrole nitrogens is 1. The Morgan fingerprint density at radius 1 is 1.14 bits per heavy atom. The SMILES string of the molecule is O=C(Cc1c[nH]c2ccccc12)Nc1cccc(S(=O)(=O)NC2=NCCC2)c1. The second-order valence-electron chi connectivity index (χ2n) is 6.65. The van der Waals surface area contributed by atoms with E-state index in [0.29, 0.717) is 24.5 Å². The van der Waals surface area contributed by atoms with Crippen LogP contribution in [0.1, 0.15) is 18.4 Å². The number of nitrogens with one attached hydrogen (secondary N) is 3. The number of sulfonamides is 1. The molecule has 0 saturated carbocycles. The molecular weight excluding hydrogens is 376 g/mol. The molecule has 8 heteroatoms. The molecule has 2 heterocycles. The van der Waals surface area contributed by atoms with Crippen molar-refractivity contribution in [3.05, 3.63) is 60.3 Å². The molecule has 1 aliphatic rings. The number of fused-ring (bicyclic) bond motifs is 1. The first-order chi connectivity index (χ1) is 13.5. The third kappa shape index (κ3) is 3.91. The second kappa shape index (κ2) is 7.47. The van der Waals surface area contributed by atoms with Crippen molar-refractivity contribution < 1.29 is 13.2 Å². The second-order valence-corrected chi connectivity index (χ2v) is 8.33. The maximum Gasteiger partial charge on any atom is 0.262 e. The number of carbonyl (C=O) groups is 1. The number of benzene rings is 2. The van der Waals surface area contributed by atoms with Gasteiger partial charge in [0.25, 0.3) is 10.0 Å². The number of aliphatic imine (C=N–C) groups is 1. The van der Waals surface area contributed by atoms with E-state index in [-0.39, 0.29) is 17.2 Å². The van der Waals surface area contributed by atoms with Gasteiger partial charge in [-0.05, 0) is 36.2 Å². The first kappa shape index (κ1) is 18.2. The lowest BCUT2D eigenvalue weighted by molar-refractivity contribution is -0.115. The van der Waals surface area contributed by atoms with E-state index < -0.39 is 10.0 Å². The number of carbonyl (C=O) groups excluding carboxylic acids is 1. The number of nitrogens with zero attached hydrogens (tertiary/aromatic N) is 1. The lowest BCUT2D eigenvalue weighted by Gasteiger charge is -2.10. The minimum Gasteiger partial charge on any atom is -0.361 e. The van der Waals surface area contributed by atoms with Crippen molar-refractivity contribution >= 4 is 38.4 Å². The summed E-state index contributed by atoms with van der Waals surface area (Å²) in [6.45, 7) is 0.641. The lowest BCUT2D eigenvalue weighted by atomic mass is 10.1. The maximum atomic E-state index is 12.5. The van der Waals surface area contributed by atoms with Gasteiger partial charge >= 0.3 is 0 Å². The van der Waals surface area contributed by atoms with Gasteiger partial charge in [0.2, 0.25) is 5.91 Å². The van der Waals surface area contributed by atoms with Gasteiger partial charge in [0, 0.05) is 35.8 Å². The third-order valence-corrected chi connectivity index (χ3v) is 5.96. The molecule has 28 heavy (non-hydrogen) atoms. The van der Waals surface area contributed by atoms with Crippen LogP contribution in [0.4, 0.5) is 5.69 Å². The largest absolute Gasteiger partial charge is 0.361 e. The average Bonchev–Trinajstić information content (AvgIpc) is 3.32. The first-order valence-corrected chi connectivity index (χ1v) is 10.5.